The standard InChI is InChI=1S/C18H17ClFN3O3/c19-14-4-5-17(20)16(11-14)18(24)22-8-6-21(7-9-22)12-13-2-1-3-15(10-13)23(25)26/h1-5,10-11H,6-9,12H2. The largest absolute Gasteiger partial charge is 0.336 e. The maximum absolute atomic E-state index is 13.9. The fraction of sp³-hybridized carbons (Fsp3) is 0.278. The third kappa shape index (κ3) is 4.17. The molecular weight excluding hydrogens is 361 g/mol. The first kappa shape index (κ1) is 18.3. The summed E-state index contributed by atoms with van der Waals surface area (Å²) in [6, 6.07) is 10.5. The highest BCUT2D eigenvalue weighted by Gasteiger charge is 2.24. The van der Waals surface area contributed by atoms with E-state index in [4.69, 9.17) is 11.6 Å². The molecule has 0 spiro atoms. The van der Waals surface area contributed by atoms with Crippen molar-refractivity contribution in [3.05, 3.63) is 74.5 Å². The Kier molecular flexibility index (Phi) is 5.49. The first-order valence-corrected chi connectivity index (χ1v) is 8.52. The summed E-state index contributed by atoms with van der Waals surface area (Å²) in [4.78, 5) is 26.6. The van der Waals surface area contributed by atoms with Crippen molar-refractivity contribution in [3.8, 4) is 0 Å². The van der Waals surface area contributed by atoms with Gasteiger partial charge in [-0.1, -0.05) is 23.7 Å². The highest BCUT2D eigenvalue weighted by atomic mass is 35.5. The van der Waals surface area contributed by atoms with Crippen LogP contribution in [0.1, 0.15) is 15.9 Å². The van der Waals surface area contributed by atoms with Gasteiger partial charge in [-0.3, -0.25) is 19.8 Å². The minimum Gasteiger partial charge on any atom is -0.336 e. The Labute approximate surface area is 154 Å². The number of amides is 1. The number of carbonyl (C=O) groups is 1. The SMILES string of the molecule is O=C(c1cc(Cl)ccc1F)N1CCN(Cc2cccc([N+](=O)[O-])c2)CC1. The van der Waals surface area contributed by atoms with E-state index in [1.54, 1.807) is 17.0 Å². The van der Waals surface area contributed by atoms with E-state index in [-0.39, 0.29) is 17.2 Å². The van der Waals surface area contributed by atoms with Gasteiger partial charge in [0.05, 0.1) is 10.5 Å². The number of nitro benzene ring substituents is 1. The lowest BCUT2D eigenvalue weighted by Crippen LogP contribution is -2.48. The minimum absolute atomic E-state index is 0.0235. The Morgan fingerprint density at radius 3 is 2.58 bits per heavy atom. The molecule has 8 heteroatoms. The number of nitrogens with zero attached hydrogens (tertiary/aromatic N) is 3. The highest BCUT2D eigenvalue weighted by molar-refractivity contribution is 6.31. The Bertz CT molecular complexity index is 838. The number of carbonyl (C=O) groups excluding carboxylic acids is 1. The summed E-state index contributed by atoms with van der Waals surface area (Å²) in [5, 5.41) is 11.2. The predicted octanol–water partition coefficient (Wildman–Crippen LogP) is 3.35. The van der Waals surface area contributed by atoms with Crippen LogP contribution in [0.4, 0.5) is 10.1 Å². The second-order valence-electron chi connectivity index (χ2n) is 6.12. The quantitative estimate of drug-likeness (QED) is 0.605. The molecule has 3 rings (SSSR count). The van der Waals surface area contributed by atoms with Crippen molar-refractivity contribution in [1.82, 2.24) is 9.80 Å². The molecule has 1 aliphatic rings. The van der Waals surface area contributed by atoms with Crippen LogP contribution in [0.25, 0.3) is 0 Å². The Hall–Kier alpha value is -2.51. The lowest BCUT2D eigenvalue weighted by atomic mass is 10.1. The number of rotatable bonds is 4. The Balaban J connectivity index is 1.60. The molecule has 6 nitrogen and oxygen atoms in total. The molecule has 0 bridgehead atoms. The molecule has 0 saturated carbocycles. The monoisotopic (exact) mass is 377 g/mol. The van der Waals surface area contributed by atoms with Crippen LogP contribution in [0.2, 0.25) is 5.02 Å². The number of hydrogen-bond donors (Lipinski definition) is 0. The molecule has 0 N–H and O–H groups in total. The lowest BCUT2D eigenvalue weighted by Gasteiger charge is -2.34. The zero-order valence-corrected chi connectivity index (χ0v) is 14.7. The number of piperazine rings is 1. The number of nitro groups is 1. The van der Waals surface area contributed by atoms with Crippen LogP contribution in [-0.2, 0) is 6.54 Å². The summed E-state index contributed by atoms with van der Waals surface area (Å²) in [6.07, 6.45) is 0. The molecule has 136 valence electrons. The third-order valence-corrected chi connectivity index (χ3v) is 4.58. The van der Waals surface area contributed by atoms with Crippen molar-refractivity contribution in [2.75, 3.05) is 26.2 Å². The van der Waals surface area contributed by atoms with Gasteiger partial charge < -0.3 is 4.90 Å². The van der Waals surface area contributed by atoms with E-state index in [1.165, 1.54) is 24.3 Å². The van der Waals surface area contributed by atoms with Crippen LogP contribution >= 0.6 is 11.6 Å². The van der Waals surface area contributed by atoms with E-state index in [1.807, 2.05) is 6.07 Å². The van der Waals surface area contributed by atoms with Gasteiger partial charge in [0.25, 0.3) is 11.6 Å². The lowest BCUT2D eigenvalue weighted by molar-refractivity contribution is -0.384. The second kappa shape index (κ2) is 7.80. The van der Waals surface area contributed by atoms with Crippen LogP contribution in [0, 0.1) is 15.9 Å². The average Bonchev–Trinajstić information content (AvgIpc) is 2.64. The summed E-state index contributed by atoms with van der Waals surface area (Å²) in [7, 11) is 0. The van der Waals surface area contributed by atoms with Crippen molar-refractivity contribution in [2.24, 2.45) is 0 Å². The molecule has 0 aliphatic carbocycles. The van der Waals surface area contributed by atoms with Crippen LogP contribution in [0.3, 0.4) is 0 Å². The zero-order valence-electron chi connectivity index (χ0n) is 13.9. The maximum atomic E-state index is 13.9. The Morgan fingerprint density at radius 1 is 1.15 bits per heavy atom. The van der Waals surface area contributed by atoms with E-state index in [0.717, 1.165) is 5.56 Å². The Morgan fingerprint density at radius 2 is 1.88 bits per heavy atom. The first-order valence-electron chi connectivity index (χ1n) is 8.14. The minimum atomic E-state index is -0.585. The van der Waals surface area contributed by atoms with Gasteiger partial charge in [0.2, 0.25) is 0 Å². The fourth-order valence-electron chi connectivity index (χ4n) is 2.97. The average molecular weight is 378 g/mol. The summed E-state index contributed by atoms with van der Waals surface area (Å²) in [6.45, 7) is 2.70. The van der Waals surface area contributed by atoms with Crippen molar-refractivity contribution >= 4 is 23.2 Å². The molecule has 0 radical (unpaired) electrons. The molecule has 0 unspecified atom stereocenters. The van der Waals surface area contributed by atoms with Gasteiger partial charge in [-0.25, -0.2) is 4.39 Å². The maximum Gasteiger partial charge on any atom is 0.269 e. The summed E-state index contributed by atoms with van der Waals surface area (Å²) >= 11 is 5.85. The van der Waals surface area contributed by atoms with E-state index in [0.29, 0.717) is 37.7 Å². The summed E-state index contributed by atoms with van der Waals surface area (Å²) in [5.41, 5.74) is 0.886. The van der Waals surface area contributed by atoms with Gasteiger partial charge in [0, 0.05) is 49.9 Å². The fourth-order valence-corrected chi connectivity index (χ4v) is 3.14. The van der Waals surface area contributed by atoms with Gasteiger partial charge in [-0.2, -0.15) is 0 Å². The van der Waals surface area contributed by atoms with E-state index in [2.05, 4.69) is 4.90 Å². The molecule has 1 heterocycles. The first-order chi connectivity index (χ1) is 12.4. The zero-order chi connectivity index (χ0) is 18.7. The topological polar surface area (TPSA) is 66.7 Å². The van der Waals surface area contributed by atoms with Gasteiger partial charge >= 0.3 is 0 Å². The van der Waals surface area contributed by atoms with Crippen LogP contribution in [-0.4, -0.2) is 46.8 Å². The van der Waals surface area contributed by atoms with Crippen molar-refractivity contribution in [2.45, 2.75) is 6.54 Å². The number of hydrogen-bond acceptors (Lipinski definition) is 4. The number of non-ortho nitro benzene ring substituents is 1. The van der Waals surface area contributed by atoms with Gasteiger partial charge in [-0.15, -0.1) is 0 Å². The molecule has 1 saturated heterocycles. The van der Waals surface area contributed by atoms with Crippen LogP contribution in [0.15, 0.2) is 42.5 Å². The van der Waals surface area contributed by atoms with Crippen LogP contribution in [0.5, 0.6) is 0 Å². The molecule has 0 atom stereocenters. The number of benzene rings is 2. The molecular formula is C18H17ClFN3O3. The molecule has 0 aromatic heterocycles. The second-order valence-corrected chi connectivity index (χ2v) is 6.56. The third-order valence-electron chi connectivity index (χ3n) is 4.35. The predicted molar refractivity (Wildman–Crippen MR) is 95.7 cm³/mol. The highest BCUT2D eigenvalue weighted by Crippen LogP contribution is 2.19. The van der Waals surface area contributed by atoms with Crippen molar-refractivity contribution in [3.63, 3.8) is 0 Å². The van der Waals surface area contributed by atoms with Crippen LogP contribution < -0.4 is 0 Å². The van der Waals surface area contributed by atoms with E-state index >= 15 is 0 Å². The molecule has 2 aromatic carbocycles. The molecule has 1 fully saturated rings. The smallest absolute Gasteiger partial charge is 0.269 e. The molecule has 1 aliphatic heterocycles. The summed E-state index contributed by atoms with van der Waals surface area (Å²) in [5.74, 6) is -0.960. The van der Waals surface area contributed by atoms with E-state index in [9.17, 15) is 19.3 Å². The normalized spacial score (nSPS) is 15.1. The van der Waals surface area contributed by atoms with Gasteiger partial charge in [-0.05, 0) is 23.8 Å². The molecule has 26 heavy (non-hydrogen) atoms. The van der Waals surface area contributed by atoms with Crippen molar-refractivity contribution < 1.29 is 14.1 Å². The van der Waals surface area contributed by atoms with Gasteiger partial charge in [0.15, 0.2) is 0 Å². The van der Waals surface area contributed by atoms with Crippen molar-refractivity contribution in [1.29, 1.82) is 0 Å². The summed E-state index contributed by atoms with van der Waals surface area (Å²) < 4.78 is 13.9. The van der Waals surface area contributed by atoms with Gasteiger partial charge in [0.1, 0.15) is 5.82 Å². The van der Waals surface area contributed by atoms with E-state index < -0.39 is 10.7 Å². The molecule has 2 aromatic rings. The number of halogens is 2. The molecule has 1 amide bonds.